The molecule has 0 aromatic heterocycles. The second-order valence-corrected chi connectivity index (χ2v) is 7.37. The number of barbiturate groups is 1. The van der Waals surface area contributed by atoms with E-state index in [1.54, 1.807) is 18.2 Å². The zero-order valence-electron chi connectivity index (χ0n) is 17.6. The summed E-state index contributed by atoms with van der Waals surface area (Å²) < 4.78 is 5.67. The molecule has 0 spiro atoms. The monoisotopic (exact) mass is 424 g/mol. The number of terminal acetylenes is 1. The smallest absolute Gasteiger partial charge is 0.335 e. The lowest BCUT2D eigenvalue weighted by Crippen LogP contribution is -2.54. The van der Waals surface area contributed by atoms with Crippen LogP contribution in [-0.4, -0.2) is 24.5 Å². The minimum atomic E-state index is -0.785. The highest BCUT2D eigenvalue weighted by Gasteiger charge is 2.37. The molecular formula is C26H20N2O4. The SMILES string of the molecule is C#CCOc1ccc2ccccc2c1/C=C1\C(=O)NC(=O)N(c2cccc(C)c2C)C1=O. The molecule has 1 fully saturated rings. The lowest BCUT2D eigenvalue weighted by atomic mass is 9.99. The first-order valence-electron chi connectivity index (χ1n) is 9.98. The number of rotatable bonds is 4. The molecule has 1 aliphatic heterocycles. The van der Waals surface area contributed by atoms with Gasteiger partial charge in [0.25, 0.3) is 11.8 Å². The van der Waals surface area contributed by atoms with Gasteiger partial charge in [-0.25, -0.2) is 9.69 Å². The van der Waals surface area contributed by atoms with Gasteiger partial charge in [0, 0.05) is 5.56 Å². The van der Waals surface area contributed by atoms with Crippen LogP contribution < -0.4 is 15.0 Å². The van der Waals surface area contributed by atoms with E-state index in [2.05, 4.69) is 11.2 Å². The summed E-state index contributed by atoms with van der Waals surface area (Å²) in [4.78, 5) is 39.7. The molecule has 1 heterocycles. The Bertz CT molecular complexity index is 1350. The van der Waals surface area contributed by atoms with Crippen LogP contribution >= 0.6 is 0 Å². The molecule has 0 unspecified atom stereocenters. The summed E-state index contributed by atoms with van der Waals surface area (Å²) >= 11 is 0. The molecule has 0 radical (unpaired) electrons. The van der Waals surface area contributed by atoms with Gasteiger partial charge in [-0.05, 0) is 54.0 Å². The van der Waals surface area contributed by atoms with Gasteiger partial charge in [0.05, 0.1) is 5.69 Å². The Labute approximate surface area is 185 Å². The molecule has 0 atom stereocenters. The fourth-order valence-corrected chi connectivity index (χ4v) is 3.67. The topological polar surface area (TPSA) is 75.7 Å². The number of anilines is 1. The molecule has 158 valence electrons. The third-order valence-corrected chi connectivity index (χ3v) is 5.45. The number of nitrogens with zero attached hydrogens (tertiary/aromatic N) is 1. The highest BCUT2D eigenvalue weighted by molar-refractivity contribution is 6.39. The molecular weight excluding hydrogens is 404 g/mol. The van der Waals surface area contributed by atoms with Crippen LogP contribution in [0.25, 0.3) is 16.8 Å². The number of hydrogen-bond donors (Lipinski definition) is 1. The van der Waals surface area contributed by atoms with Crippen LogP contribution in [-0.2, 0) is 9.59 Å². The summed E-state index contributed by atoms with van der Waals surface area (Å²) in [5.74, 6) is 1.38. The van der Waals surface area contributed by atoms with Gasteiger partial charge >= 0.3 is 6.03 Å². The van der Waals surface area contributed by atoms with Gasteiger partial charge in [-0.2, -0.15) is 0 Å². The van der Waals surface area contributed by atoms with Crippen molar-refractivity contribution in [2.24, 2.45) is 0 Å². The summed E-state index contributed by atoms with van der Waals surface area (Å²) in [6.45, 7) is 3.74. The Morgan fingerprint density at radius 2 is 1.81 bits per heavy atom. The number of fused-ring (bicyclic) bond motifs is 1. The number of hydrogen-bond acceptors (Lipinski definition) is 4. The summed E-state index contributed by atoms with van der Waals surface area (Å²) in [6, 6.07) is 15.7. The third kappa shape index (κ3) is 3.61. The lowest BCUT2D eigenvalue weighted by molar-refractivity contribution is -0.122. The van der Waals surface area contributed by atoms with Crippen LogP contribution in [0.4, 0.5) is 10.5 Å². The number of amides is 4. The average molecular weight is 424 g/mol. The standard InChI is InChI=1S/C26H20N2O4/c1-4-14-32-23-13-12-18-9-5-6-10-19(18)20(23)15-21-24(29)27-26(31)28(25(21)30)22-11-7-8-16(2)17(22)3/h1,5-13,15H,14H2,2-3H3,(H,27,29,31)/b21-15+. The highest BCUT2D eigenvalue weighted by atomic mass is 16.5. The fourth-order valence-electron chi connectivity index (χ4n) is 3.67. The van der Waals surface area contributed by atoms with Crippen molar-refractivity contribution < 1.29 is 19.1 Å². The maximum absolute atomic E-state index is 13.4. The van der Waals surface area contributed by atoms with Gasteiger partial charge in [0.15, 0.2) is 0 Å². The minimum absolute atomic E-state index is 0.0295. The molecule has 0 saturated carbocycles. The van der Waals surface area contributed by atoms with E-state index in [0.29, 0.717) is 17.0 Å². The fraction of sp³-hybridized carbons (Fsp3) is 0.115. The Balaban J connectivity index is 1.88. The number of carbonyl (C=O) groups excluding carboxylic acids is 3. The molecule has 3 aromatic carbocycles. The third-order valence-electron chi connectivity index (χ3n) is 5.45. The molecule has 6 nitrogen and oxygen atoms in total. The van der Waals surface area contributed by atoms with E-state index in [4.69, 9.17) is 11.2 Å². The molecule has 0 bridgehead atoms. The predicted molar refractivity (Wildman–Crippen MR) is 123 cm³/mol. The number of imide groups is 2. The average Bonchev–Trinajstić information content (AvgIpc) is 2.78. The quantitative estimate of drug-likeness (QED) is 0.388. The molecule has 4 amide bonds. The normalized spacial score (nSPS) is 15.1. The van der Waals surface area contributed by atoms with E-state index in [1.165, 1.54) is 6.08 Å². The first-order valence-corrected chi connectivity index (χ1v) is 9.98. The van der Waals surface area contributed by atoms with Crippen molar-refractivity contribution in [3.63, 3.8) is 0 Å². The van der Waals surface area contributed by atoms with Gasteiger partial charge in [0.2, 0.25) is 0 Å². The molecule has 3 aromatic rings. The summed E-state index contributed by atoms with van der Waals surface area (Å²) in [6.07, 6.45) is 6.79. The maximum Gasteiger partial charge on any atom is 0.335 e. The van der Waals surface area contributed by atoms with E-state index >= 15 is 0 Å². The zero-order valence-corrected chi connectivity index (χ0v) is 17.6. The van der Waals surface area contributed by atoms with E-state index in [1.807, 2.05) is 50.2 Å². The molecule has 1 aliphatic rings. The van der Waals surface area contributed by atoms with Crippen LogP contribution in [0.3, 0.4) is 0 Å². The Morgan fingerprint density at radius 1 is 1.03 bits per heavy atom. The van der Waals surface area contributed by atoms with Gasteiger partial charge in [-0.1, -0.05) is 48.4 Å². The number of carbonyl (C=O) groups is 3. The van der Waals surface area contributed by atoms with Crippen LogP contribution in [0.15, 0.2) is 60.2 Å². The predicted octanol–water partition coefficient (Wildman–Crippen LogP) is 4.14. The van der Waals surface area contributed by atoms with Crippen LogP contribution in [0.2, 0.25) is 0 Å². The van der Waals surface area contributed by atoms with Crippen molar-refractivity contribution >= 4 is 40.4 Å². The summed E-state index contributed by atoms with van der Waals surface area (Å²) in [5.41, 5.74) is 2.48. The number of ether oxygens (including phenoxy) is 1. The molecule has 32 heavy (non-hydrogen) atoms. The van der Waals surface area contributed by atoms with E-state index in [-0.39, 0.29) is 12.2 Å². The van der Waals surface area contributed by atoms with E-state index < -0.39 is 17.8 Å². The second-order valence-electron chi connectivity index (χ2n) is 7.37. The summed E-state index contributed by atoms with van der Waals surface area (Å²) in [7, 11) is 0. The van der Waals surface area contributed by atoms with Gasteiger partial charge in [0.1, 0.15) is 17.9 Å². The van der Waals surface area contributed by atoms with Gasteiger partial charge in [-0.15, -0.1) is 6.42 Å². The van der Waals surface area contributed by atoms with Crippen LogP contribution in [0.1, 0.15) is 16.7 Å². The Kier molecular flexibility index (Phi) is 5.48. The van der Waals surface area contributed by atoms with Gasteiger partial charge in [-0.3, -0.25) is 14.9 Å². The van der Waals surface area contributed by atoms with Crippen LogP contribution in [0.5, 0.6) is 5.75 Å². The van der Waals surface area contributed by atoms with Crippen molar-refractivity contribution in [2.75, 3.05) is 11.5 Å². The van der Waals surface area contributed by atoms with Gasteiger partial charge < -0.3 is 4.74 Å². The molecule has 6 heteroatoms. The number of benzene rings is 3. The molecule has 1 N–H and O–H groups in total. The van der Waals surface area contributed by atoms with Crippen molar-refractivity contribution in [3.8, 4) is 18.1 Å². The first kappa shape index (κ1) is 20.9. The largest absolute Gasteiger partial charge is 0.480 e. The first-order chi connectivity index (χ1) is 15.4. The Hall–Kier alpha value is -4.37. The number of urea groups is 1. The molecule has 4 rings (SSSR count). The number of aryl methyl sites for hydroxylation is 1. The second kappa shape index (κ2) is 8.40. The van der Waals surface area contributed by atoms with Crippen molar-refractivity contribution in [3.05, 3.63) is 76.9 Å². The van der Waals surface area contributed by atoms with Crippen molar-refractivity contribution in [1.82, 2.24) is 5.32 Å². The highest BCUT2D eigenvalue weighted by Crippen LogP contribution is 2.32. The van der Waals surface area contributed by atoms with Crippen LogP contribution in [0, 0.1) is 26.2 Å². The lowest BCUT2D eigenvalue weighted by Gasteiger charge is -2.28. The minimum Gasteiger partial charge on any atom is -0.480 e. The van der Waals surface area contributed by atoms with Crippen molar-refractivity contribution in [1.29, 1.82) is 0 Å². The number of nitrogens with one attached hydrogen (secondary N) is 1. The molecule has 1 saturated heterocycles. The van der Waals surface area contributed by atoms with E-state index in [0.717, 1.165) is 26.8 Å². The Morgan fingerprint density at radius 3 is 2.59 bits per heavy atom. The zero-order chi connectivity index (χ0) is 22.8. The summed E-state index contributed by atoms with van der Waals surface area (Å²) in [5, 5.41) is 3.96. The van der Waals surface area contributed by atoms with Crippen molar-refractivity contribution in [2.45, 2.75) is 13.8 Å². The van der Waals surface area contributed by atoms with E-state index in [9.17, 15) is 14.4 Å². The molecule has 0 aliphatic carbocycles. The maximum atomic E-state index is 13.4.